The number of hydrogen-bond acceptors (Lipinski definition) is 6. The van der Waals surface area contributed by atoms with Crippen molar-refractivity contribution in [2.75, 3.05) is 18.2 Å². The van der Waals surface area contributed by atoms with Gasteiger partial charge >= 0.3 is 0 Å². The van der Waals surface area contributed by atoms with Crippen molar-refractivity contribution in [1.29, 1.82) is 0 Å². The van der Waals surface area contributed by atoms with E-state index in [1.165, 1.54) is 11.8 Å². The Balaban J connectivity index is 1.66. The average molecular weight is 486 g/mol. The molecular weight excluding hydrogens is 462 g/mol. The highest BCUT2D eigenvalue weighted by Crippen LogP contribution is 2.23. The van der Waals surface area contributed by atoms with E-state index in [4.69, 9.17) is 16.3 Å². The summed E-state index contributed by atoms with van der Waals surface area (Å²) >= 11 is 7.33. The van der Waals surface area contributed by atoms with Gasteiger partial charge in [0.1, 0.15) is 5.75 Å². The Kier molecular flexibility index (Phi) is 8.51. The van der Waals surface area contributed by atoms with E-state index in [9.17, 15) is 9.59 Å². The van der Waals surface area contributed by atoms with Gasteiger partial charge in [0.05, 0.1) is 29.6 Å². The molecular formula is C23H24ClN5O3S. The molecule has 0 radical (unpaired) electrons. The first-order valence-electron chi connectivity index (χ1n) is 10.1. The number of amides is 2. The zero-order valence-electron chi connectivity index (χ0n) is 18.2. The molecule has 0 saturated heterocycles. The molecule has 1 heterocycles. The van der Waals surface area contributed by atoms with Gasteiger partial charge in [0, 0.05) is 12.1 Å². The topological polar surface area (TPSA) is 98.1 Å². The molecule has 0 spiro atoms. The lowest BCUT2D eigenvalue weighted by Crippen LogP contribution is -2.28. The van der Waals surface area contributed by atoms with Crippen LogP contribution in [0, 0.1) is 0 Å². The van der Waals surface area contributed by atoms with Gasteiger partial charge in [-0.3, -0.25) is 9.59 Å². The third-order valence-corrected chi connectivity index (χ3v) is 5.92. The largest absolute Gasteiger partial charge is 0.497 e. The van der Waals surface area contributed by atoms with Gasteiger partial charge in [0.2, 0.25) is 5.91 Å². The lowest BCUT2D eigenvalue weighted by Gasteiger charge is -2.15. The van der Waals surface area contributed by atoms with Crippen LogP contribution in [0.3, 0.4) is 0 Å². The van der Waals surface area contributed by atoms with E-state index in [0.29, 0.717) is 39.5 Å². The van der Waals surface area contributed by atoms with E-state index in [1.807, 2.05) is 11.5 Å². The number of halogens is 1. The summed E-state index contributed by atoms with van der Waals surface area (Å²) in [5.74, 6) is 0.888. The number of aromatic nitrogens is 3. The van der Waals surface area contributed by atoms with E-state index < -0.39 is 6.04 Å². The maximum absolute atomic E-state index is 12.6. The normalized spacial score (nSPS) is 11.5. The Morgan fingerprint density at radius 2 is 1.94 bits per heavy atom. The Labute approximate surface area is 201 Å². The SMILES string of the molecule is C=CCn1c(SCC(=O)Nc2ccccc2Cl)nnc1[C@H](C)NC(=O)c1ccc(OC)cc1. The molecule has 0 saturated carbocycles. The number of benzene rings is 2. The minimum Gasteiger partial charge on any atom is -0.497 e. The van der Waals surface area contributed by atoms with E-state index in [0.717, 1.165) is 0 Å². The number of para-hydroxylation sites is 1. The summed E-state index contributed by atoms with van der Waals surface area (Å²) in [5, 5.41) is 15.2. The van der Waals surface area contributed by atoms with Crippen molar-refractivity contribution >= 4 is 40.9 Å². The Hall–Kier alpha value is -3.30. The predicted octanol–water partition coefficient (Wildman–Crippen LogP) is 4.35. The number of anilines is 1. The molecule has 10 heteroatoms. The van der Waals surface area contributed by atoms with Crippen molar-refractivity contribution in [3.05, 3.63) is 77.6 Å². The zero-order valence-corrected chi connectivity index (χ0v) is 19.8. The second kappa shape index (κ2) is 11.5. The maximum atomic E-state index is 12.6. The van der Waals surface area contributed by atoms with Gasteiger partial charge in [-0.1, -0.05) is 41.6 Å². The lowest BCUT2D eigenvalue weighted by atomic mass is 10.2. The summed E-state index contributed by atoms with van der Waals surface area (Å²) in [6, 6.07) is 13.4. The van der Waals surface area contributed by atoms with E-state index >= 15 is 0 Å². The Bertz CT molecular complexity index is 1130. The molecule has 2 aromatic carbocycles. The fraction of sp³-hybridized carbons (Fsp3) is 0.217. The molecule has 0 fully saturated rings. The number of carbonyl (C=O) groups excluding carboxylic acids is 2. The monoisotopic (exact) mass is 485 g/mol. The third-order valence-electron chi connectivity index (χ3n) is 4.62. The van der Waals surface area contributed by atoms with Crippen LogP contribution in [0.1, 0.15) is 29.1 Å². The number of ether oxygens (including phenoxy) is 1. The van der Waals surface area contributed by atoms with Crippen molar-refractivity contribution in [3.63, 3.8) is 0 Å². The summed E-state index contributed by atoms with van der Waals surface area (Å²) in [6.07, 6.45) is 1.71. The van der Waals surface area contributed by atoms with Crippen LogP contribution < -0.4 is 15.4 Å². The molecule has 172 valence electrons. The van der Waals surface area contributed by atoms with Crippen LogP contribution in [0.4, 0.5) is 5.69 Å². The molecule has 8 nitrogen and oxygen atoms in total. The standard InChI is InChI=1S/C23H24ClN5O3S/c1-4-13-29-21(15(2)25-22(31)16-9-11-17(32-3)12-10-16)27-28-23(29)33-14-20(30)26-19-8-6-5-7-18(19)24/h4-12,15H,1,13-14H2,2-3H3,(H,25,31)(H,26,30)/t15-/m0/s1. The van der Waals surface area contributed by atoms with Gasteiger partial charge in [0.15, 0.2) is 11.0 Å². The van der Waals surface area contributed by atoms with Gasteiger partial charge in [-0.2, -0.15) is 0 Å². The Morgan fingerprint density at radius 3 is 2.61 bits per heavy atom. The number of nitrogens with zero attached hydrogens (tertiary/aromatic N) is 3. The molecule has 0 aliphatic heterocycles. The Morgan fingerprint density at radius 1 is 1.21 bits per heavy atom. The smallest absolute Gasteiger partial charge is 0.251 e. The summed E-state index contributed by atoms with van der Waals surface area (Å²) in [4.78, 5) is 25.0. The highest BCUT2D eigenvalue weighted by molar-refractivity contribution is 7.99. The first-order chi connectivity index (χ1) is 15.9. The molecule has 1 atom stereocenters. The van der Waals surface area contributed by atoms with Gasteiger partial charge in [-0.25, -0.2) is 0 Å². The zero-order chi connectivity index (χ0) is 23.8. The van der Waals surface area contributed by atoms with Crippen molar-refractivity contribution in [2.24, 2.45) is 0 Å². The van der Waals surface area contributed by atoms with Crippen molar-refractivity contribution in [3.8, 4) is 5.75 Å². The molecule has 0 bridgehead atoms. The van der Waals surface area contributed by atoms with E-state index in [2.05, 4.69) is 27.4 Å². The van der Waals surface area contributed by atoms with Crippen molar-refractivity contribution < 1.29 is 14.3 Å². The molecule has 2 amide bonds. The maximum Gasteiger partial charge on any atom is 0.251 e. The molecule has 0 unspecified atom stereocenters. The second-order valence-electron chi connectivity index (χ2n) is 6.98. The summed E-state index contributed by atoms with van der Waals surface area (Å²) in [7, 11) is 1.57. The minimum absolute atomic E-state index is 0.118. The highest BCUT2D eigenvalue weighted by atomic mass is 35.5. The summed E-state index contributed by atoms with van der Waals surface area (Å²) < 4.78 is 6.94. The highest BCUT2D eigenvalue weighted by Gasteiger charge is 2.20. The number of hydrogen-bond donors (Lipinski definition) is 2. The second-order valence-corrected chi connectivity index (χ2v) is 8.33. The summed E-state index contributed by atoms with van der Waals surface area (Å²) in [5.41, 5.74) is 1.05. The molecule has 2 N–H and O–H groups in total. The van der Waals surface area contributed by atoms with Gasteiger partial charge < -0.3 is 19.9 Å². The first-order valence-corrected chi connectivity index (χ1v) is 11.5. The summed E-state index contributed by atoms with van der Waals surface area (Å²) in [6.45, 7) is 6.04. The molecule has 0 aliphatic carbocycles. The molecule has 3 rings (SSSR count). The third kappa shape index (κ3) is 6.36. The van der Waals surface area contributed by atoms with Crippen LogP contribution in [0.2, 0.25) is 5.02 Å². The molecule has 1 aromatic heterocycles. The number of methoxy groups -OCH3 is 1. The average Bonchev–Trinajstić information content (AvgIpc) is 3.22. The molecule has 3 aromatic rings. The number of allylic oxidation sites excluding steroid dienone is 1. The van der Waals surface area contributed by atoms with Crippen LogP contribution in [0.5, 0.6) is 5.75 Å². The quantitative estimate of drug-likeness (QED) is 0.327. The van der Waals surface area contributed by atoms with Gasteiger partial charge in [-0.15, -0.1) is 16.8 Å². The predicted molar refractivity (Wildman–Crippen MR) is 130 cm³/mol. The van der Waals surface area contributed by atoms with Crippen molar-refractivity contribution in [2.45, 2.75) is 24.7 Å². The molecule has 0 aliphatic rings. The number of carbonyl (C=O) groups is 2. The van der Waals surface area contributed by atoms with Gasteiger partial charge in [-0.05, 0) is 43.3 Å². The first kappa shape index (κ1) is 24.3. The van der Waals surface area contributed by atoms with E-state index in [1.54, 1.807) is 61.7 Å². The number of rotatable bonds is 10. The lowest BCUT2D eigenvalue weighted by molar-refractivity contribution is -0.113. The molecule has 33 heavy (non-hydrogen) atoms. The van der Waals surface area contributed by atoms with Crippen LogP contribution >= 0.6 is 23.4 Å². The van der Waals surface area contributed by atoms with Crippen LogP contribution in [0.15, 0.2) is 66.3 Å². The van der Waals surface area contributed by atoms with Crippen LogP contribution in [-0.2, 0) is 11.3 Å². The van der Waals surface area contributed by atoms with Crippen LogP contribution in [-0.4, -0.2) is 39.4 Å². The number of nitrogens with one attached hydrogen (secondary N) is 2. The fourth-order valence-electron chi connectivity index (χ4n) is 2.99. The van der Waals surface area contributed by atoms with Gasteiger partial charge in [0.25, 0.3) is 5.91 Å². The number of thioether (sulfide) groups is 1. The van der Waals surface area contributed by atoms with Crippen molar-refractivity contribution in [1.82, 2.24) is 20.1 Å². The van der Waals surface area contributed by atoms with E-state index in [-0.39, 0.29) is 17.6 Å². The van der Waals surface area contributed by atoms with Crippen LogP contribution in [0.25, 0.3) is 0 Å². The fourth-order valence-corrected chi connectivity index (χ4v) is 3.93. The minimum atomic E-state index is -0.418.